The monoisotopic (exact) mass is 285 g/mol. The second-order valence-corrected chi connectivity index (χ2v) is 3.26. The molecular formula is C16H35N3O. The van der Waals surface area contributed by atoms with Crippen molar-refractivity contribution in [1.82, 2.24) is 15.2 Å². The topological polar surface area (TPSA) is 48.4 Å². The number of aromatic nitrogens is 1. The molecule has 120 valence electrons. The van der Waals surface area contributed by atoms with Gasteiger partial charge in [0.05, 0.1) is 6.20 Å². The zero-order valence-electron chi connectivity index (χ0n) is 14.5. The SMILES string of the molecule is CC.CC.CC.CN1CCNCC1.Oc1cccnc1. The van der Waals surface area contributed by atoms with E-state index in [1.54, 1.807) is 18.3 Å². The van der Waals surface area contributed by atoms with E-state index in [0.29, 0.717) is 0 Å². The minimum Gasteiger partial charge on any atom is -0.506 e. The summed E-state index contributed by atoms with van der Waals surface area (Å²) in [7, 11) is 2.15. The van der Waals surface area contributed by atoms with Gasteiger partial charge in [-0.3, -0.25) is 4.98 Å². The highest BCUT2D eigenvalue weighted by atomic mass is 16.3. The second-order valence-electron chi connectivity index (χ2n) is 3.26. The molecule has 0 amide bonds. The minimum absolute atomic E-state index is 0.211. The van der Waals surface area contributed by atoms with Gasteiger partial charge in [0.1, 0.15) is 5.75 Å². The Hall–Kier alpha value is -1.13. The average Bonchev–Trinajstić information content (AvgIpc) is 2.55. The molecule has 1 aliphatic heterocycles. The average molecular weight is 285 g/mol. The van der Waals surface area contributed by atoms with Crippen molar-refractivity contribution in [3.8, 4) is 5.75 Å². The third-order valence-corrected chi connectivity index (χ3v) is 1.99. The summed E-state index contributed by atoms with van der Waals surface area (Å²) in [6, 6.07) is 3.25. The molecule has 1 aliphatic rings. The van der Waals surface area contributed by atoms with Gasteiger partial charge in [-0.2, -0.15) is 0 Å². The van der Waals surface area contributed by atoms with Crippen molar-refractivity contribution in [3.63, 3.8) is 0 Å². The Balaban J connectivity index is -0.000000211. The van der Waals surface area contributed by atoms with Gasteiger partial charge in [-0.1, -0.05) is 41.5 Å². The predicted octanol–water partition coefficient (Wildman–Crippen LogP) is 3.39. The second kappa shape index (κ2) is 23.0. The first-order valence-corrected chi connectivity index (χ1v) is 7.77. The van der Waals surface area contributed by atoms with Gasteiger partial charge in [-0.25, -0.2) is 0 Å². The summed E-state index contributed by atoms with van der Waals surface area (Å²) in [6.07, 6.45) is 3.00. The normalized spacial score (nSPS) is 12.8. The van der Waals surface area contributed by atoms with Crippen LogP contribution >= 0.6 is 0 Å². The van der Waals surface area contributed by atoms with E-state index in [1.165, 1.54) is 19.3 Å². The third-order valence-electron chi connectivity index (χ3n) is 1.99. The number of rotatable bonds is 0. The highest BCUT2D eigenvalue weighted by molar-refractivity contribution is 5.12. The van der Waals surface area contributed by atoms with Gasteiger partial charge in [-0.15, -0.1) is 0 Å². The summed E-state index contributed by atoms with van der Waals surface area (Å²) in [5.74, 6) is 0.211. The van der Waals surface area contributed by atoms with E-state index in [1.807, 2.05) is 41.5 Å². The van der Waals surface area contributed by atoms with Crippen molar-refractivity contribution in [3.05, 3.63) is 24.5 Å². The van der Waals surface area contributed by atoms with Crippen LogP contribution in [0.4, 0.5) is 0 Å². The van der Waals surface area contributed by atoms with Crippen LogP contribution in [0.25, 0.3) is 0 Å². The molecule has 0 spiro atoms. The van der Waals surface area contributed by atoms with Gasteiger partial charge in [0.15, 0.2) is 0 Å². The molecule has 20 heavy (non-hydrogen) atoms. The summed E-state index contributed by atoms with van der Waals surface area (Å²) in [6.45, 7) is 16.7. The van der Waals surface area contributed by atoms with E-state index < -0.39 is 0 Å². The molecule has 4 nitrogen and oxygen atoms in total. The highest BCUT2D eigenvalue weighted by Crippen LogP contribution is 1.99. The molecule has 0 radical (unpaired) electrons. The molecule has 0 atom stereocenters. The van der Waals surface area contributed by atoms with Gasteiger partial charge < -0.3 is 15.3 Å². The van der Waals surface area contributed by atoms with Gasteiger partial charge in [0, 0.05) is 32.4 Å². The molecule has 0 saturated carbocycles. The van der Waals surface area contributed by atoms with Crippen LogP contribution in [0, 0.1) is 0 Å². The van der Waals surface area contributed by atoms with Crippen molar-refractivity contribution in [1.29, 1.82) is 0 Å². The smallest absolute Gasteiger partial charge is 0.133 e. The van der Waals surface area contributed by atoms with E-state index in [4.69, 9.17) is 5.11 Å². The maximum atomic E-state index is 8.57. The number of aromatic hydroxyl groups is 1. The van der Waals surface area contributed by atoms with Crippen LogP contribution in [0.2, 0.25) is 0 Å². The molecule has 0 aromatic carbocycles. The van der Waals surface area contributed by atoms with Gasteiger partial charge in [-0.05, 0) is 19.2 Å². The molecule has 1 fully saturated rings. The van der Waals surface area contributed by atoms with Crippen LogP contribution < -0.4 is 5.32 Å². The predicted molar refractivity (Wildman–Crippen MR) is 90.3 cm³/mol. The van der Waals surface area contributed by atoms with E-state index in [9.17, 15) is 0 Å². The van der Waals surface area contributed by atoms with Crippen molar-refractivity contribution in [2.75, 3.05) is 33.2 Å². The fourth-order valence-corrected chi connectivity index (χ4v) is 1.13. The number of likely N-dealkylation sites (N-methyl/N-ethyl adjacent to an activating group) is 1. The van der Waals surface area contributed by atoms with Crippen LogP contribution in [0.15, 0.2) is 24.5 Å². The number of hydrogen-bond acceptors (Lipinski definition) is 4. The summed E-state index contributed by atoms with van der Waals surface area (Å²) in [5.41, 5.74) is 0. The summed E-state index contributed by atoms with van der Waals surface area (Å²) in [4.78, 5) is 5.96. The molecular weight excluding hydrogens is 250 g/mol. The highest BCUT2D eigenvalue weighted by Gasteiger charge is 2.01. The zero-order valence-corrected chi connectivity index (χ0v) is 14.5. The lowest BCUT2D eigenvalue weighted by Gasteiger charge is -2.21. The Bertz CT molecular complexity index is 237. The number of nitrogens with zero attached hydrogens (tertiary/aromatic N) is 2. The van der Waals surface area contributed by atoms with E-state index in [2.05, 4.69) is 22.2 Å². The lowest BCUT2D eigenvalue weighted by Crippen LogP contribution is -2.40. The zero-order chi connectivity index (χ0) is 16.2. The molecule has 0 unspecified atom stereocenters. The molecule has 2 rings (SSSR count). The molecule has 2 heterocycles. The van der Waals surface area contributed by atoms with Gasteiger partial charge in [0.25, 0.3) is 0 Å². The van der Waals surface area contributed by atoms with Crippen LogP contribution in [0.5, 0.6) is 5.75 Å². The summed E-state index contributed by atoms with van der Waals surface area (Å²) in [5, 5.41) is 11.8. The Kier molecular flexibility index (Phi) is 27.5. The first-order valence-electron chi connectivity index (χ1n) is 7.77. The Labute approximate surface area is 126 Å². The Morgan fingerprint density at radius 1 is 1.05 bits per heavy atom. The molecule has 4 heteroatoms. The van der Waals surface area contributed by atoms with Crippen molar-refractivity contribution < 1.29 is 5.11 Å². The number of nitrogens with one attached hydrogen (secondary N) is 1. The van der Waals surface area contributed by atoms with E-state index >= 15 is 0 Å². The maximum Gasteiger partial charge on any atom is 0.133 e. The van der Waals surface area contributed by atoms with Crippen LogP contribution in [-0.4, -0.2) is 48.2 Å². The molecule has 0 bridgehead atoms. The Morgan fingerprint density at radius 2 is 1.55 bits per heavy atom. The minimum atomic E-state index is 0.211. The first-order chi connectivity index (χ1) is 9.79. The number of piperazine rings is 1. The summed E-state index contributed by atoms with van der Waals surface area (Å²) < 4.78 is 0. The molecule has 2 N–H and O–H groups in total. The number of hydrogen-bond donors (Lipinski definition) is 2. The Morgan fingerprint density at radius 3 is 1.75 bits per heavy atom. The van der Waals surface area contributed by atoms with Gasteiger partial charge >= 0.3 is 0 Å². The van der Waals surface area contributed by atoms with Crippen molar-refractivity contribution in [2.24, 2.45) is 0 Å². The number of pyridine rings is 1. The van der Waals surface area contributed by atoms with E-state index in [-0.39, 0.29) is 5.75 Å². The van der Waals surface area contributed by atoms with Gasteiger partial charge in [0.2, 0.25) is 0 Å². The summed E-state index contributed by atoms with van der Waals surface area (Å²) >= 11 is 0. The fourth-order valence-electron chi connectivity index (χ4n) is 1.13. The van der Waals surface area contributed by atoms with Crippen molar-refractivity contribution in [2.45, 2.75) is 41.5 Å². The largest absolute Gasteiger partial charge is 0.506 e. The first kappa shape index (κ1) is 23.9. The van der Waals surface area contributed by atoms with E-state index in [0.717, 1.165) is 13.1 Å². The molecule has 1 aromatic heterocycles. The standard InChI is InChI=1S/C5H12N2.C5H5NO.3C2H6/c1-7-4-2-6-3-5-7;7-5-2-1-3-6-4-5;3*1-2/h6H,2-5H2,1H3;1-4,7H;3*1-2H3. The third kappa shape index (κ3) is 19.2. The van der Waals surface area contributed by atoms with Crippen LogP contribution in [-0.2, 0) is 0 Å². The molecule has 1 aromatic rings. The lowest BCUT2D eigenvalue weighted by atomic mass is 10.4. The molecule has 1 saturated heterocycles. The molecule has 0 aliphatic carbocycles. The quantitative estimate of drug-likeness (QED) is 0.767. The lowest BCUT2D eigenvalue weighted by molar-refractivity contribution is 0.291. The van der Waals surface area contributed by atoms with Crippen LogP contribution in [0.3, 0.4) is 0 Å². The fraction of sp³-hybridized carbons (Fsp3) is 0.688. The maximum absolute atomic E-state index is 8.57. The van der Waals surface area contributed by atoms with Crippen LogP contribution in [0.1, 0.15) is 41.5 Å². The van der Waals surface area contributed by atoms with Crippen molar-refractivity contribution >= 4 is 0 Å².